The molecule has 0 saturated heterocycles. The fourth-order valence-electron chi connectivity index (χ4n) is 2.01. The van der Waals surface area contributed by atoms with Gasteiger partial charge < -0.3 is 10.4 Å². The molecule has 0 fully saturated rings. The molecular weight excluding hydrogens is 337 g/mol. The molecule has 0 saturated carbocycles. The minimum atomic E-state index is -0.452. The van der Waals surface area contributed by atoms with Gasteiger partial charge >= 0.3 is 0 Å². The zero-order valence-electron chi connectivity index (χ0n) is 11.1. The van der Waals surface area contributed by atoms with E-state index in [1.807, 2.05) is 18.2 Å². The van der Waals surface area contributed by atoms with E-state index in [0.29, 0.717) is 11.4 Å². The second-order valence-corrected chi connectivity index (χ2v) is 5.54. The Labute approximate surface area is 128 Å². The molecule has 0 radical (unpaired) electrons. The van der Waals surface area contributed by atoms with Crippen LogP contribution in [0.25, 0.3) is 10.9 Å². The first-order valence-electron chi connectivity index (χ1n) is 6.21. The largest absolute Gasteiger partial charge is 0.508 e. The first kappa shape index (κ1) is 13.8. The highest BCUT2D eigenvalue weighted by atomic mass is 79.9. The van der Waals surface area contributed by atoms with E-state index in [2.05, 4.69) is 31.2 Å². The van der Waals surface area contributed by atoms with Gasteiger partial charge in [-0.3, -0.25) is 0 Å². The molecule has 2 N–H and O–H groups in total. The van der Waals surface area contributed by atoms with Gasteiger partial charge in [0.25, 0.3) is 0 Å². The second-order valence-electron chi connectivity index (χ2n) is 4.63. The molecule has 0 aliphatic carbocycles. The Balaban J connectivity index is 2.10. The van der Waals surface area contributed by atoms with Crippen molar-refractivity contribution in [3.8, 4) is 5.75 Å². The van der Waals surface area contributed by atoms with Crippen LogP contribution in [-0.2, 0) is 0 Å². The van der Waals surface area contributed by atoms with E-state index < -0.39 is 5.82 Å². The first-order valence-corrected chi connectivity index (χ1v) is 7.00. The number of hydrogen-bond donors (Lipinski definition) is 2. The number of rotatable bonds is 2. The Bertz CT molecular complexity index is 839. The number of benzene rings is 2. The number of aromatic nitrogens is 2. The van der Waals surface area contributed by atoms with Crippen molar-refractivity contribution < 1.29 is 9.50 Å². The summed E-state index contributed by atoms with van der Waals surface area (Å²) in [7, 11) is 0. The highest BCUT2D eigenvalue weighted by Gasteiger charge is 2.10. The van der Waals surface area contributed by atoms with Crippen LogP contribution in [0.3, 0.4) is 0 Å². The smallest absolute Gasteiger partial charge is 0.147 e. The topological polar surface area (TPSA) is 58.0 Å². The van der Waals surface area contributed by atoms with Crippen LogP contribution < -0.4 is 5.32 Å². The van der Waals surface area contributed by atoms with Crippen LogP contribution in [0.5, 0.6) is 5.75 Å². The quantitative estimate of drug-likeness (QED) is 0.725. The van der Waals surface area contributed by atoms with Crippen LogP contribution in [0.2, 0.25) is 0 Å². The molecule has 6 heteroatoms. The summed E-state index contributed by atoms with van der Waals surface area (Å²) in [6.45, 7) is 1.64. The lowest BCUT2D eigenvalue weighted by molar-refractivity contribution is 0.469. The number of hydrogen-bond acceptors (Lipinski definition) is 4. The maximum absolute atomic E-state index is 14.0. The van der Waals surface area contributed by atoms with Crippen molar-refractivity contribution in [3.63, 3.8) is 0 Å². The molecule has 3 aromatic rings. The van der Waals surface area contributed by atoms with Crippen LogP contribution in [0.1, 0.15) is 5.56 Å². The maximum Gasteiger partial charge on any atom is 0.147 e. The number of nitrogens with one attached hydrogen (secondary N) is 1. The lowest BCUT2D eigenvalue weighted by Crippen LogP contribution is -1.98. The van der Waals surface area contributed by atoms with Gasteiger partial charge in [-0.05, 0) is 36.8 Å². The van der Waals surface area contributed by atoms with E-state index in [9.17, 15) is 9.50 Å². The summed E-state index contributed by atoms with van der Waals surface area (Å²) >= 11 is 3.39. The molecule has 2 aromatic carbocycles. The summed E-state index contributed by atoms with van der Waals surface area (Å²) in [5.41, 5.74) is 1.39. The zero-order chi connectivity index (χ0) is 15.0. The van der Waals surface area contributed by atoms with Gasteiger partial charge in [0.1, 0.15) is 23.7 Å². The second kappa shape index (κ2) is 5.29. The van der Waals surface area contributed by atoms with Gasteiger partial charge in [0, 0.05) is 15.9 Å². The van der Waals surface area contributed by atoms with Gasteiger partial charge in [-0.15, -0.1) is 0 Å². The average molecular weight is 348 g/mol. The first-order chi connectivity index (χ1) is 10.0. The van der Waals surface area contributed by atoms with Crippen molar-refractivity contribution in [1.82, 2.24) is 9.97 Å². The zero-order valence-corrected chi connectivity index (χ0v) is 12.6. The van der Waals surface area contributed by atoms with Gasteiger partial charge in [0.2, 0.25) is 0 Å². The normalized spacial score (nSPS) is 10.8. The Morgan fingerprint density at radius 1 is 1.19 bits per heavy atom. The van der Waals surface area contributed by atoms with Gasteiger partial charge in [-0.1, -0.05) is 15.9 Å². The molecule has 0 bridgehead atoms. The van der Waals surface area contributed by atoms with Crippen molar-refractivity contribution in [1.29, 1.82) is 0 Å². The van der Waals surface area contributed by atoms with Crippen molar-refractivity contribution in [2.75, 3.05) is 5.32 Å². The van der Waals surface area contributed by atoms with Crippen molar-refractivity contribution in [2.45, 2.75) is 6.92 Å². The molecule has 0 amide bonds. The third kappa shape index (κ3) is 2.67. The van der Waals surface area contributed by atoms with E-state index in [-0.39, 0.29) is 11.4 Å². The lowest BCUT2D eigenvalue weighted by Gasteiger charge is -2.11. The van der Waals surface area contributed by atoms with Gasteiger partial charge in [0.15, 0.2) is 0 Å². The Kier molecular flexibility index (Phi) is 3.47. The summed E-state index contributed by atoms with van der Waals surface area (Å²) < 4.78 is 14.8. The number of fused-ring (bicyclic) bond motifs is 1. The molecule has 0 aliphatic heterocycles. The van der Waals surface area contributed by atoms with Crippen LogP contribution in [0.4, 0.5) is 15.9 Å². The molecular formula is C15H11BrFN3O. The predicted octanol–water partition coefficient (Wildman–Crippen LogP) is 4.29. The number of phenols is 1. The van der Waals surface area contributed by atoms with Crippen molar-refractivity contribution in [3.05, 3.63) is 52.5 Å². The van der Waals surface area contributed by atoms with E-state index in [0.717, 1.165) is 15.4 Å². The van der Waals surface area contributed by atoms with E-state index in [1.54, 1.807) is 6.92 Å². The Hall–Kier alpha value is -2.21. The van der Waals surface area contributed by atoms with E-state index >= 15 is 0 Å². The highest BCUT2D eigenvalue weighted by Crippen LogP contribution is 2.30. The number of aromatic hydroxyl groups is 1. The number of aryl methyl sites for hydroxylation is 1. The van der Waals surface area contributed by atoms with Crippen LogP contribution in [-0.4, -0.2) is 15.1 Å². The molecule has 0 aliphatic rings. The SMILES string of the molecule is Cc1cc(F)c(Nc2ncnc3ccc(Br)cc23)cc1O. The molecule has 1 heterocycles. The molecule has 0 atom stereocenters. The highest BCUT2D eigenvalue weighted by molar-refractivity contribution is 9.10. The summed E-state index contributed by atoms with van der Waals surface area (Å²) in [6, 6.07) is 8.18. The molecule has 0 spiro atoms. The summed E-state index contributed by atoms with van der Waals surface area (Å²) in [5.74, 6) is 0.0500. The molecule has 106 valence electrons. The predicted molar refractivity (Wildman–Crippen MR) is 83.3 cm³/mol. The summed E-state index contributed by atoms with van der Waals surface area (Å²) in [5, 5.41) is 13.4. The Morgan fingerprint density at radius 3 is 2.81 bits per heavy atom. The van der Waals surface area contributed by atoms with Crippen molar-refractivity contribution >= 4 is 38.3 Å². The van der Waals surface area contributed by atoms with Gasteiger partial charge in [-0.25, -0.2) is 14.4 Å². The Morgan fingerprint density at radius 2 is 2.00 bits per heavy atom. The lowest BCUT2D eigenvalue weighted by atomic mass is 10.2. The van der Waals surface area contributed by atoms with Crippen LogP contribution >= 0.6 is 15.9 Å². The number of anilines is 2. The average Bonchev–Trinajstić information content (AvgIpc) is 2.45. The number of halogens is 2. The summed E-state index contributed by atoms with van der Waals surface area (Å²) in [6.07, 6.45) is 1.41. The molecule has 4 nitrogen and oxygen atoms in total. The van der Waals surface area contributed by atoms with Crippen LogP contribution in [0.15, 0.2) is 41.1 Å². The van der Waals surface area contributed by atoms with E-state index in [4.69, 9.17) is 0 Å². The molecule has 0 unspecified atom stereocenters. The molecule has 3 rings (SSSR count). The summed E-state index contributed by atoms with van der Waals surface area (Å²) in [4.78, 5) is 8.31. The minimum Gasteiger partial charge on any atom is -0.508 e. The van der Waals surface area contributed by atoms with Gasteiger partial charge in [-0.2, -0.15) is 0 Å². The minimum absolute atomic E-state index is 0.0263. The van der Waals surface area contributed by atoms with E-state index in [1.165, 1.54) is 18.5 Å². The van der Waals surface area contributed by atoms with Gasteiger partial charge in [0.05, 0.1) is 11.2 Å². The number of phenolic OH excluding ortho intramolecular Hbond substituents is 1. The standard InChI is InChI=1S/C15H11BrFN3O/c1-8-4-11(17)13(6-14(8)21)20-15-10-5-9(16)2-3-12(10)18-7-19-15/h2-7,21H,1H3,(H,18,19,20). The maximum atomic E-state index is 14.0. The molecule has 21 heavy (non-hydrogen) atoms. The number of nitrogens with zero attached hydrogens (tertiary/aromatic N) is 2. The third-order valence-corrected chi connectivity index (χ3v) is 3.63. The van der Waals surface area contributed by atoms with Crippen LogP contribution in [0, 0.1) is 12.7 Å². The molecule has 1 aromatic heterocycles. The fraction of sp³-hybridized carbons (Fsp3) is 0.0667. The van der Waals surface area contributed by atoms with Crippen molar-refractivity contribution in [2.24, 2.45) is 0 Å². The fourth-order valence-corrected chi connectivity index (χ4v) is 2.37. The third-order valence-electron chi connectivity index (χ3n) is 3.14. The monoisotopic (exact) mass is 347 g/mol.